The summed E-state index contributed by atoms with van der Waals surface area (Å²) in [5.74, 6) is -1.41. The molecule has 0 fully saturated rings. The smallest absolute Gasteiger partial charge is 0.271 e. The summed E-state index contributed by atoms with van der Waals surface area (Å²) in [6.45, 7) is 0. The summed E-state index contributed by atoms with van der Waals surface area (Å²) in [6, 6.07) is 13.6. The highest BCUT2D eigenvalue weighted by Gasteiger charge is 2.35. The summed E-state index contributed by atoms with van der Waals surface area (Å²) in [4.78, 5) is 24.0. The van der Waals surface area contributed by atoms with Gasteiger partial charge < -0.3 is 11.1 Å². The average Bonchev–Trinajstić information content (AvgIpc) is 3.02. The lowest BCUT2D eigenvalue weighted by molar-refractivity contribution is -0.119. The van der Waals surface area contributed by atoms with Gasteiger partial charge in [-0.05, 0) is 36.4 Å². The van der Waals surface area contributed by atoms with Crippen LogP contribution in [0, 0.1) is 5.82 Å². The number of rotatable bonds is 4. The van der Waals surface area contributed by atoms with Crippen molar-refractivity contribution in [1.82, 2.24) is 0 Å². The fraction of sp³-hybridized carbons (Fsp3) is 0.118. The van der Waals surface area contributed by atoms with E-state index in [0.29, 0.717) is 11.4 Å². The Kier molecular flexibility index (Phi) is 4.24. The van der Waals surface area contributed by atoms with Crippen molar-refractivity contribution in [2.75, 3.05) is 10.3 Å². The maximum Gasteiger partial charge on any atom is 0.271 e. The zero-order chi connectivity index (χ0) is 17.1. The molecule has 2 aromatic carbocycles. The highest BCUT2D eigenvalue weighted by Crippen LogP contribution is 2.25. The molecule has 1 aliphatic rings. The number of hydrogen-bond donors (Lipinski definition) is 2. The summed E-state index contributed by atoms with van der Waals surface area (Å²) in [5.41, 5.74) is 6.71. The van der Waals surface area contributed by atoms with E-state index in [1.165, 1.54) is 29.3 Å². The first kappa shape index (κ1) is 15.7. The van der Waals surface area contributed by atoms with Gasteiger partial charge in [-0.15, -0.1) is 0 Å². The van der Waals surface area contributed by atoms with E-state index >= 15 is 0 Å². The molecule has 3 rings (SSSR count). The minimum absolute atomic E-state index is 0.0887. The van der Waals surface area contributed by atoms with Crippen LogP contribution in [0.3, 0.4) is 0 Å². The second kappa shape index (κ2) is 6.49. The van der Waals surface area contributed by atoms with Crippen LogP contribution in [-0.4, -0.2) is 23.6 Å². The number of hydrazone groups is 1. The molecule has 2 amide bonds. The van der Waals surface area contributed by atoms with Gasteiger partial charge in [0.25, 0.3) is 5.91 Å². The number of amides is 2. The highest BCUT2D eigenvalue weighted by molar-refractivity contribution is 6.44. The molecule has 0 spiro atoms. The molecule has 0 bridgehead atoms. The van der Waals surface area contributed by atoms with Gasteiger partial charge in [-0.2, -0.15) is 5.10 Å². The summed E-state index contributed by atoms with van der Waals surface area (Å²) in [5, 5.41) is 8.27. The SMILES string of the molecule is NC(=O)C1CC(C(=O)Nc2ccccc2)=NN1c1ccc(F)cc1. The second-order valence-electron chi connectivity index (χ2n) is 5.31. The number of para-hydroxylation sites is 1. The summed E-state index contributed by atoms with van der Waals surface area (Å²) >= 11 is 0. The van der Waals surface area contributed by atoms with Gasteiger partial charge in [0.1, 0.15) is 17.6 Å². The van der Waals surface area contributed by atoms with Crippen LogP contribution in [-0.2, 0) is 9.59 Å². The Morgan fingerprint density at radius 3 is 2.42 bits per heavy atom. The van der Waals surface area contributed by atoms with Crippen LogP contribution in [0.1, 0.15) is 6.42 Å². The van der Waals surface area contributed by atoms with Crippen LogP contribution in [0.25, 0.3) is 0 Å². The molecule has 24 heavy (non-hydrogen) atoms. The number of carbonyl (C=O) groups excluding carboxylic acids is 2. The predicted molar refractivity (Wildman–Crippen MR) is 89.0 cm³/mol. The molecule has 0 saturated carbocycles. The number of benzene rings is 2. The van der Waals surface area contributed by atoms with Crippen LogP contribution in [0.5, 0.6) is 0 Å². The zero-order valence-corrected chi connectivity index (χ0v) is 12.6. The minimum atomic E-state index is -0.785. The van der Waals surface area contributed by atoms with Crippen molar-refractivity contribution in [3.8, 4) is 0 Å². The maximum atomic E-state index is 13.1. The van der Waals surface area contributed by atoms with E-state index < -0.39 is 23.7 Å². The number of halogens is 1. The lowest BCUT2D eigenvalue weighted by Gasteiger charge is -2.20. The number of nitrogens with one attached hydrogen (secondary N) is 1. The normalized spacial score (nSPS) is 16.6. The first-order valence-electron chi connectivity index (χ1n) is 7.32. The molecule has 1 atom stereocenters. The Morgan fingerprint density at radius 1 is 1.12 bits per heavy atom. The highest BCUT2D eigenvalue weighted by atomic mass is 19.1. The fourth-order valence-electron chi connectivity index (χ4n) is 2.43. The second-order valence-corrected chi connectivity index (χ2v) is 5.31. The fourth-order valence-corrected chi connectivity index (χ4v) is 2.43. The lowest BCUT2D eigenvalue weighted by Crippen LogP contribution is -2.39. The zero-order valence-electron chi connectivity index (χ0n) is 12.6. The van der Waals surface area contributed by atoms with Crippen LogP contribution in [0.15, 0.2) is 59.7 Å². The molecule has 1 aliphatic heterocycles. The van der Waals surface area contributed by atoms with Crippen molar-refractivity contribution in [3.05, 3.63) is 60.4 Å². The predicted octanol–water partition coefficient (Wildman–Crippen LogP) is 1.88. The van der Waals surface area contributed by atoms with Gasteiger partial charge in [0.15, 0.2) is 0 Å². The quantitative estimate of drug-likeness (QED) is 0.899. The molecule has 0 radical (unpaired) electrons. The van der Waals surface area contributed by atoms with Crippen molar-refractivity contribution < 1.29 is 14.0 Å². The van der Waals surface area contributed by atoms with Gasteiger partial charge in [-0.3, -0.25) is 14.6 Å². The van der Waals surface area contributed by atoms with Gasteiger partial charge in [-0.25, -0.2) is 4.39 Å². The molecule has 122 valence electrons. The number of primary amides is 1. The van der Waals surface area contributed by atoms with Crippen molar-refractivity contribution in [2.45, 2.75) is 12.5 Å². The Hall–Kier alpha value is -3.22. The number of anilines is 2. The topological polar surface area (TPSA) is 87.8 Å². The Bertz CT molecular complexity index is 790. The molecular formula is C17H15FN4O2. The third-order valence-electron chi connectivity index (χ3n) is 3.62. The van der Waals surface area contributed by atoms with Gasteiger partial charge in [0, 0.05) is 12.1 Å². The molecule has 1 unspecified atom stereocenters. The van der Waals surface area contributed by atoms with Crippen molar-refractivity contribution in [3.63, 3.8) is 0 Å². The Balaban J connectivity index is 1.83. The standard InChI is InChI=1S/C17H15FN4O2/c18-11-6-8-13(9-7-11)22-15(16(19)23)10-14(21-22)17(24)20-12-4-2-1-3-5-12/h1-9,15H,10H2,(H2,19,23)(H,20,24). The van der Waals surface area contributed by atoms with Gasteiger partial charge in [0.2, 0.25) is 5.91 Å². The number of nitrogens with zero attached hydrogens (tertiary/aromatic N) is 2. The number of hydrogen-bond acceptors (Lipinski definition) is 4. The average molecular weight is 326 g/mol. The van der Waals surface area contributed by atoms with Crippen molar-refractivity contribution in [1.29, 1.82) is 0 Å². The molecule has 2 aromatic rings. The lowest BCUT2D eigenvalue weighted by atomic mass is 10.1. The van der Waals surface area contributed by atoms with E-state index in [1.54, 1.807) is 24.3 Å². The van der Waals surface area contributed by atoms with Gasteiger partial charge >= 0.3 is 0 Å². The Morgan fingerprint density at radius 2 is 1.79 bits per heavy atom. The maximum absolute atomic E-state index is 13.1. The largest absolute Gasteiger partial charge is 0.368 e. The van der Waals surface area contributed by atoms with E-state index in [4.69, 9.17) is 5.73 Å². The van der Waals surface area contributed by atoms with Crippen LogP contribution in [0.4, 0.5) is 15.8 Å². The summed E-state index contributed by atoms with van der Waals surface area (Å²) in [6.07, 6.45) is 0.0887. The van der Waals surface area contributed by atoms with Gasteiger partial charge in [0.05, 0.1) is 5.69 Å². The minimum Gasteiger partial charge on any atom is -0.368 e. The van der Waals surface area contributed by atoms with Gasteiger partial charge in [-0.1, -0.05) is 18.2 Å². The summed E-state index contributed by atoms with van der Waals surface area (Å²) < 4.78 is 13.1. The van der Waals surface area contributed by atoms with E-state index in [0.717, 1.165) is 0 Å². The third kappa shape index (κ3) is 3.24. The molecule has 6 nitrogen and oxygen atoms in total. The van der Waals surface area contributed by atoms with E-state index in [-0.39, 0.29) is 12.1 Å². The molecule has 1 heterocycles. The van der Waals surface area contributed by atoms with Crippen LogP contribution in [0.2, 0.25) is 0 Å². The van der Waals surface area contributed by atoms with Crippen molar-refractivity contribution in [2.24, 2.45) is 10.8 Å². The first-order chi connectivity index (χ1) is 11.5. The first-order valence-corrected chi connectivity index (χ1v) is 7.32. The molecule has 0 aromatic heterocycles. The molecule has 0 aliphatic carbocycles. The molecule has 3 N–H and O–H groups in total. The monoisotopic (exact) mass is 326 g/mol. The number of nitrogens with two attached hydrogens (primary N) is 1. The molecule has 0 saturated heterocycles. The van der Waals surface area contributed by atoms with E-state index in [1.807, 2.05) is 6.07 Å². The number of carbonyl (C=O) groups is 2. The van der Waals surface area contributed by atoms with E-state index in [2.05, 4.69) is 10.4 Å². The van der Waals surface area contributed by atoms with Crippen LogP contribution < -0.4 is 16.1 Å². The van der Waals surface area contributed by atoms with Crippen molar-refractivity contribution >= 4 is 28.9 Å². The molecular weight excluding hydrogens is 311 g/mol. The van der Waals surface area contributed by atoms with E-state index in [9.17, 15) is 14.0 Å². The summed E-state index contributed by atoms with van der Waals surface area (Å²) in [7, 11) is 0. The third-order valence-corrected chi connectivity index (χ3v) is 3.62. The Labute approximate surface area is 137 Å². The van der Waals surface area contributed by atoms with Crippen LogP contribution >= 0.6 is 0 Å². The molecule has 7 heteroatoms.